The van der Waals surface area contributed by atoms with Crippen molar-refractivity contribution in [3.05, 3.63) is 62.2 Å². The minimum absolute atomic E-state index is 0.0653. The summed E-state index contributed by atoms with van der Waals surface area (Å²) in [4.78, 5) is 32.2. The van der Waals surface area contributed by atoms with Crippen LogP contribution in [0.4, 0.5) is 0 Å². The summed E-state index contributed by atoms with van der Waals surface area (Å²) in [6.45, 7) is 2.09. The lowest BCUT2D eigenvalue weighted by Gasteiger charge is -2.48. The summed E-state index contributed by atoms with van der Waals surface area (Å²) in [6, 6.07) is 5.36. The fourth-order valence-electron chi connectivity index (χ4n) is 4.40. The number of benzene rings is 1. The predicted octanol–water partition coefficient (Wildman–Crippen LogP) is 3.12. The smallest absolute Gasteiger partial charge is 0.265 e. The van der Waals surface area contributed by atoms with Crippen molar-refractivity contribution in [3.8, 4) is 0 Å². The van der Waals surface area contributed by atoms with E-state index < -0.39 is 0 Å². The van der Waals surface area contributed by atoms with Gasteiger partial charge < -0.3 is 14.2 Å². The Hall–Kier alpha value is -2.49. The Morgan fingerprint density at radius 1 is 1.26 bits per heavy atom. The van der Waals surface area contributed by atoms with E-state index in [0.717, 1.165) is 12.0 Å². The lowest BCUT2D eigenvalue weighted by atomic mass is 9.72. The molecule has 0 radical (unpaired) electrons. The van der Waals surface area contributed by atoms with Gasteiger partial charge in [-0.05, 0) is 17.7 Å². The molecule has 2 aromatic heterocycles. The van der Waals surface area contributed by atoms with Gasteiger partial charge in [0.2, 0.25) is 18.2 Å². The minimum Gasteiger partial charge on any atom is -0.425 e. The van der Waals surface area contributed by atoms with Gasteiger partial charge in [0.25, 0.3) is 5.91 Å². The van der Waals surface area contributed by atoms with Gasteiger partial charge in [0.15, 0.2) is 0 Å². The highest BCUT2D eigenvalue weighted by Gasteiger charge is 2.57. The van der Waals surface area contributed by atoms with Crippen molar-refractivity contribution in [1.82, 2.24) is 25.0 Å². The van der Waals surface area contributed by atoms with Crippen molar-refractivity contribution in [3.63, 3.8) is 0 Å². The standard InChI is InChI=1S/C20H17Cl2N5O3S/c21-14-2-1-12(3-15(14)22)4-17-24-25-18(30-17)13-6-27(19(29)16-5-23-10-31-16)9-20(13)7-26(8-20)11-28/h1-3,5,10-11,13H,4,6-9H2. The molecule has 2 aliphatic heterocycles. The number of amides is 2. The summed E-state index contributed by atoms with van der Waals surface area (Å²) in [5, 5.41) is 9.45. The van der Waals surface area contributed by atoms with Crippen LogP contribution in [-0.2, 0) is 11.2 Å². The molecule has 1 atom stereocenters. The number of aromatic nitrogens is 3. The molecule has 8 nitrogen and oxygen atoms in total. The molecule has 4 heterocycles. The first kappa shape index (κ1) is 20.4. The maximum absolute atomic E-state index is 12.9. The third kappa shape index (κ3) is 3.71. The maximum Gasteiger partial charge on any atom is 0.265 e. The number of hydrogen-bond donors (Lipinski definition) is 0. The molecule has 2 fully saturated rings. The topological polar surface area (TPSA) is 92.4 Å². The number of likely N-dealkylation sites (tertiary alicyclic amines) is 2. The molecule has 1 unspecified atom stereocenters. The van der Waals surface area contributed by atoms with Gasteiger partial charge in [0.05, 0.1) is 34.1 Å². The van der Waals surface area contributed by atoms with Crippen molar-refractivity contribution in [2.24, 2.45) is 5.41 Å². The highest BCUT2D eigenvalue weighted by molar-refractivity contribution is 7.11. The summed E-state index contributed by atoms with van der Waals surface area (Å²) in [7, 11) is 0. The Morgan fingerprint density at radius 2 is 2.10 bits per heavy atom. The number of halogens is 2. The maximum atomic E-state index is 12.9. The largest absolute Gasteiger partial charge is 0.425 e. The van der Waals surface area contributed by atoms with E-state index in [0.29, 0.717) is 59.3 Å². The monoisotopic (exact) mass is 477 g/mol. The molecule has 2 saturated heterocycles. The predicted molar refractivity (Wildman–Crippen MR) is 114 cm³/mol. The van der Waals surface area contributed by atoms with Gasteiger partial charge in [-0.1, -0.05) is 29.3 Å². The van der Waals surface area contributed by atoms with Gasteiger partial charge in [-0.2, -0.15) is 0 Å². The molecule has 0 aliphatic carbocycles. The Bertz CT molecular complexity index is 1130. The van der Waals surface area contributed by atoms with E-state index >= 15 is 0 Å². The van der Waals surface area contributed by atoms with E-state index in [-0.39, 0.29) is 17.2 Å². The molecule has 0 N–H and O–H groups in total. The Morgan fingerprint density at radius 3 is 2.81 bits per heavy atom. The second kappa shape index (κ2) is 7.89. The Kier molecular flexibility index (Phi) is 5.19. The number of carbonyl (C=O) groups excluding carboxylic acids is 2. The van der Waals surface area contributed by atoms with Crippen LogP contribution in [0.2, 0.25) is 10.0 Å². The van der Waals surface area contributed by atoms with Crippen molar-refractivity contribution in [2.75, 3.05) is 26.2 Å². The second-order valence-corrected chi connectivity index (χ2v) is 9.64. The van der Waals surface area contributed by atoms with E-state index in [2.05, 4.69) is 15.2 Å². The molecule has 3 aromatic rings. The third-order valence-electron chi connectivity index (χ3n) is 5.88. The van der Waals surface area contributed by atoms with Gasteiger partial charge in [-0.15, -0.1) is 21.5 Å². The second-order valence-electron chi connectivity index (χ2n) is 7.94. The average Bonchev–Trinajstić information content (AvgIpc) is 3.48. The normalized spacial score (nSPS) is 19.6. The first-order valence-electron chi connectivity index (χ1n) is 9.61. The summed E-state index contributed by atoms with van der Waals surface area (Å²) in [5.74, 6) is 0.739. The molecule has 1 aromatic carbocycles. The van der Waals surface area contributed by atoms with Gasteiger partial charge in [0, 0.05) is 31.6 Å². The lowest BCUT2D eigenvalue weighted by molar-refractivity contribution is -0.129. The summed E-state index contributed by atoms with van der Waals surface area (Å²) >= 11 is 13.4. The fraction of sp³-hybridized carbons (Fsp3) is 0.350. The number of rotatable bonds is 5. The SMILES string of the molecule is O=CN1CC2(C1)CN(C(=O)c1cncs1)CC2c1nnc(Cc2ccc(Cl)c(Cl)c2)o1. The van der Waals surface area contributed by atoms with Crippen LogP contribution in [0.1, 0.15) is 32.9 Å². The van der Waals surface area contributed by atoms with Crippen LogP contribution in [0.3, 0.4) is 0 Å². The quantitative estimate of drug-likeness (QED) is 0.524. The van der Waals surface area contributed by atoms with E-state index in [1.54, 1.807) is 33.6 Å². The summed E-state index contributed by atoms with van der Waals surface area (Å²) < 4.78 is 6.01. The van der Waals surface area contributed by atoms with E-state index in [1.165, 1.54) is 11.3 Å². The first-order valence-corrected chi connectivity index (χ1v) is 11.2. The molecule has 160 valence electrons. The van der Waals surface area contributed by atoms with Crippen molar-refractivity contribution in [1.29, 1.82) is 0 Å². The Labute approximate surface area is 191 Å². The zero-order valence-corrected chi connectivity index (χ0v) is 18.5. The molecular formula is C20H17Cl2N5O3S. The number of thiazole rings is 1. The molecule has 2 aliphatic rings. The van der Waals surface area contributed by atoms with Crippen LogP contribution in [0.5, 0.6) is 0 Å². The summed E-state index contributed by atoms with van der Waals surface area (Å²) in [6.07, 6.45) is 2.83. The zero-order chi connectivity index (χ0) is 21.6. The Balaban J connectivity index is 1.38. The molecule has 2 amide bonds. The van der Waals surface area contributed by atoms with Crippen LogP contribution in [0.25, 0.3) is 0 Å². The van der Waals surface area contributed by atoms with Gasteiger partial charge in [0.1, 0.15) is 4.88 Å². The van der Waals surface area contributed by atoms with Gasteiger partial charge >= 0.3 is 0 Å². The van der Waals surface area contributed by atoms with E-state index in [1.807, 2.05) is 6.07 Å². The third-order valence-corrected chi connectivity index (χ3v) is 7.38. The number of carbonyl (C=O) groups is 2. The molecule has 1 spiro atoms. The molecule has 0 saturated carbocycles. The molecule has 0 bridgehead atoms. The summed E-state index contributed by atoms with van der Waals surface area (Å²) in [5.41, 5.74) is 2.26. The van der Waals surface area contributed by atoms with Crippen LogP contribution < -0.4 is 0 Å². The molecule has 31 heavy (non-hydrogen) atoms. The van der Waals surface area contributed by atoms with Crippen LogP contribution in [-0.4, -0.2) is 63.5 Å². The van der Waals surface area contributed by atoms with Gasteiger partial charge in [-0.25, -0.2) is 0 Å². The number of hydrogen-bond acceptors (Lipinski definition) is 7. The zero-order valence-electron chi connectivity index (χ0n) is 16.2. The van der Waals surface area contributed by atoms with Crippen LogP contribution in [0, 0.1) is 5.41 Å². The van der Waals surface area contributed by atoms with E-state index in [9.17, 15) is 9.59 Å². The molecule has 11 heteroatoms. The van der Waals surface area contributed by atoms with Gasteiger partial charge in [-0.3, -0.25) is 14.6 Å². The minimum atomic E-state index is -0.283. The number of nitrogens with zero attached hydrogens (tertiary/aromatic N) is 5. The van der Waals surface area contributed by atoms with Crippen LogP contribution >= 0.6 is 34.5 Å². The lowest BCUT2D eigenvalue weighted by Crippen LogP contribution is -2.59. The van der Waals surface area contributed by atoms with Crippen molar-refractivity contribution in [2.45, 2.75) is 12.3 Å². The van der Waals surface area contributed by atoms with E-state index in [4.69, 9.17) is 27.6 Å². The highest BCUT2D eigenvalue weighted by atomic mass is 35.5. The average molecular weight is 478 g/mol. The molecular weight excluding hydrogens is 461 g/mol. The van der Waals surface area contributed by atoms with Crippen LogP contribution in [0.15, 0.2) is 34.3 Å². The fourth-order valence-corrected chi connectivity index (χ4v) is 5.31. The first-order chi connectivity index (χ1) is 15.0. The van der Waals surface area contributed by atoms with Crippen molar-refractivity contribution < 1.29 is 14.0 Å². The highest BCUT2D eigenvalue weighted by Crippen LogP contribution is 2.48. The van der Waals surface area contributed by atoms with Crippen molar-refractivity contribution >= 4 is 46.9 Å². The molecule has 5 rings (SSSR count).